The van der Waals surface area contributed by atoms with Gasteiger partial charge >= 0.3 is 0 Å². The number of methoxy groups -OCH3 is 2. The maximum atomic E-state index is 12.6. The SMILES string of the molecule is COc1cc(C)c(C[NH+](C)CC(=O)Nc2cc3c(cc2C(C)=O)OCO3)cc1OC. The highest BCUT2D eigenvalue weighted by Gasteiger charge is 2.21. The van der Waals surface area contributed by atoms with E-state index in [-0.39, 0.29) is 25.0 Å². The number of aryl methyl sites for hydroxylation is 1. The quantitative estimate of drug-likeness (QED) is 0.637. The number of Topliss-reactive ketones (excluding diaryl/α,β-unsaturated/α-hetero) is 1. The molecule has 0 saturated heterocycles. The van der Waals surface area contributed by atoms with E-state index in [1.165, 1.54) is 6.92 Å². The van der Waals surface area contributed by atoms with Crippen molar-refractivity contribution in [1.29, 1.82) is 0 Å². The Morgan fingerprint density at radius 1 is 1.07 bits per heavy atom. The van der Waals surface area contributed by atoms with Crippen molar-refractivity contribution in [2.24, 2.45) is 0 Å². The van der Waals surface area contributed by atoms with E-state index >= 15 is 0 Å². The molecule has 0 spiro atoms. The van der Waals surface area contributed by atoms with Crippen LogP contribution in [0.15, 0.2) is 24.3 Å². The smallest absolute Gasteiger partial charge is 0.279 e. The largest absolute Gasteiger partial charge is 0.493 e. The number of hydrogen-bond acceptors (Lipinski definition) is 6. The summed E-state index contributed by atoms with van der Waals surface area (Å²) >= 11 is 0. The minimum atomic E-state index is -0.202. The van der Waals surface area contributed by atoms with E-state index in [4.69, 9.17) is 18.9 Å². The normalized spacial score (nSPS) is 13.0. The molecule has 8 heteroatoms. The third-order valence-corrected chi connectivity index (χ3v) is 4.96. The first-order valence-electron chi connectivity index (χ1n) is 9.59. The maximum Gasteiger partial charge on any atom is 0.279 e. The Morgan fingerprint density at radius 2 is 1.70 bits per heavy atom. The Morgan fingerprint density at radius 3 is 2.33 bits per heavy atom. The molecule has 0 radical (unpaired) electrons. The number of benzene rings is 2. The topological polar surface area (TPSA) is 87.5 Å². The van der Waals surface area contributed by atoms with Crippen LogP contribution in [-0.4, -0.2) is 46.3 Å². The summed E-state index contributed by atoms with van der Waals surface area (Å²) in [6, 6.07) is 7.09. The van der Waals surface area contributed by atoms with Gasteiger partial charge < -0.3 is 29.2 Å². The lowest BCUT2D eigenvalue weighted by Gasteiger charge is -2.18. The van der Waals surface area contributed by atoms with Gasteiger partial charge in [-0.1, -0.05) is 0 Å². The zero-order chi connectivity index (χ0) is 21.8. The van der Waals surface area contributed by atoms with Crippen LogP contribution < -0.4 is 29.2 Å². The van der Waals surface area contributed by atoms with Crippen molar-refractivity contribution in [2.45, 2.75) is 20.4 Å². The number of carbonyl (C=O) groups is 2. The first-order chi connectivity index (χ1) is 14.3. The highest BCUT2D eigenvalue weighted by molar-refractivity contribution is 6.04. The molecule has 1 aliphatic heterocycles. The molecule has 30 heavy (non-hydrogen) atoms. The van der Waals surface area contributed by atoms with Gasteiger partial charge in [0.05, 0.1) is 27.0 Å². The van der Waals surface area contributed by atoms with Crippen LogP contribution >= 0.6 is 0 Å². The Labute approximate surface area is 175 Å². The number of amides is 1. The van der Waals surface area contributed by atoms with E-state index in [1.807, 2.05) is 26.1 Å². The summed E-state index contributed by atoms with van der Waals surface area (Å²) in [6.07, 6.45) is 0. The van der Waals surface area contributed by atoms with Gasteiger partial charge in [-0.15, -0.1) is 0 Å². The molecule has 2 N–H and O–H groups in total. The Kier molecular flexibility index (Phi) is 6.47. The van der Waals surface area contributed by atoms with Crippen LogP contribution in [-0.2, 0) is 11.3 Å². The Balaban J connectivity index is 1.69. The van der Waals surface area contributed by atoms with Crippen LogP contribution in [0.2, 0.25) is 0 Å². The lowest BCUT2D eigenvalue weighted by Crippen LogP contribution is -3.08. The van der Waals surface area contributed by atoms with Gasteiger partial charge in [-0.3, -0.25) is 9.59 Å². The second-order valence-electron chi connectivity index (χ2n) is 7.30. The predicted octanol–water partition coefficient (Wildman–Crippen LogP) is 1.60. The number of nitrogens with one attached hydrogen (secondary N) is 2. The van der Waals surface area contributed by atoms with Crippen molar-refractivity contribution >= 4 is 17.4 Å². The molecule has 0 fully saturated rings. The summed E-state index contributed by atoms with van der Waals surface area (Å²) in [7, 11) is 5.13. The molecule has 0 aromatic heterocycles. The van der Waals surface area contributed by atoms with E-state index < -0.39 is 0 Å². The Hall–Kier alpha value is -3.26. The van der Waals surface area contributed by atoms with Gasteiger partial charge in [0.2, 0.25) is 6.79 Å². The van der Waals surface area contributed by atoms with Crippen molar-refractivity contribution < 1.29 is 33.4 Å². The fraction of sp³-hybridized carbons (Fsp3) is 0.364. The minimum Gasteiger partial charge on any atom is -0.493 e. The molecule has 160 valence electrons. The number of fused-ring (bicyclic) bond motifs is 1. The van der Waals surface area contributed by atoms with Crippen molar-refractivity contribution in [3.8, 4) is 23.0 Å². The fourth-order valence-electron chi connectivity index (χ4n) is 3.41. The van der Waals surface area contributed by atoms with Crippen LogP contribution in [0.25, 0.3) is 0 Å². The second kappa shape index (κ2) is 9.04. The zero-order valence-electron chi connectivity index (χ0n) is 17.9. The van der Waals surface area contributed by atoms with Crippen LogP contribution in [0.1, 0.15) is 28.4 Å². The first kappa shape index (κ1) is 21.4. The number of likely N-dealkylation sites (N-methyl/N-ethyl adjacent to an activating group) is 1. The number of anilines is 1. The monoisotopic (exact) mass is 415 g/mol. The number of hydrogen-bond donors (Lipinski definition) is 2. The van der Waals surface area contributed by atoms with Crippen molar-refractivity contribution in [3.63, 3.8) is 0 Å². The van der Waals surface area contributed by atoms with Gasteiger partial charge in [-0.2, -0.15) is 0 Å². The maximum absolute atomic E-state index is 12.6. The standard InChI is InChI=1S/C22H26N2O6/c1-13-6-18(27-4)19(28-5)7-15(13)10-24(3)11-22(26)23-17-9-21-20(29-12-30-21)8-16(17)14(2)25/h6-9H,10-12H2,1-5H3,(H,23,26)/p+1. The van der Waals surface area contributed by atoms with Gasteiger partial charge in [0.1, 0.15) is 6.54 Å². The molecule has 0 aliphatic carbocycles. The molecule has 2 aromatic rings. The molecule has 1 heterocycles. The molecule has 1 unspecified atom stereocenters. The summed E-state index contributed by atoms with van der Waals surface area (Å²) in [5, 5.41) is 2.83. The lowest BCUT2D eigenvalue weighted by molar-refractivity contribution is -0.885. The number of ketones is 1. The molecule has 1 amide bonds. The number of rotatable bonds is 8. The van der Waals surface area contributed by atoms with Gasteiger partial charge in [-0.05, 0) is 37.6 Å². The van der Waals surface area contributed by atoms with Gasteiger partial charge in [0, 0.05) is 17.2 Å². The highest BCUT2D eigenvalue weighted by Crippen LogP contribution is 2.37. The predicted molar refractivity (Wildman–Crippen MR) is 111 cm³/mol. The van der Waals surface area contributed by atoms with E-state index in [9.17, 15) is 9.59 Å². The zero-order valence-corrected chi connectivity index (χ0v) is 17.9. The van der Waals surface area contributed by atoms with E-state index in [0.717, 1.165) is 16.0 Å². The van der Waals surface area contributed by atoms with E-state index in [0.29, 0.717) is 40.8 Å². The third-order valence-electron chi connectivity index (χ3n) is 4.96. The van der Waals surface area contributed by atoms with Crippen LogP contribution in [0.3, 0.4) is 0 Å². The molecular formula is C22H27N2O6+. The minimum absolute atomic E-state index is 0.0988. The molecule has 1 atom stereocenters. The van der Waals surface area contributed by atoms with Crippen molar-refractivity contribution in [3.05, 3.63) is 41.0 Å². The third kappa shape index (κ3) is 4.65. The van der Waals surface area contributed by atoms with Gasteiger partial charge in [-0.25, -0.2) is 0 Å². The number of ether oxygens (including phenoxy) is 4. The highest BCUT2D eigenvalue weighted by atomic mass is 16.7. The number of carbonyl (C=O) groups excluding carboxylic acids is 2. The molecular weight excluding hydrogens is 388 g/mol. The lowest BCUT2D eigenvalue weighted by atomic mass is 10.1. The average Bonchev–Trinajstić information content (AvgIpc) is 3.15. The summed E-state index contributed by atoms with van der Waals surface area (Å²) in [5.41, 5.74) is 2.93. The molecule has 1 aliphatic rings. The fourth-order valence-corrected chi connectivity index (χ4v) is 3.41. The van der Waals surface area contributed by atoms with E-state index in [2.05, 4.69) is 5.32 Å². The average molecular weight is 415 g/mol. The van der Waals surface area contributed by atoms with Crippen molar-refractivity contribution in [2.75, 3.05) is 39.9 Å². The summed E-state index contributed by atoms with van der Waals surface area (Å²) in [6.45, 7) is 4.39. The van der Waals surface area contributed by atoms with Crippen LogP contribution in [0.5, 0.6) is 23.0 Å². The van der Waals surface area contributed by atoms with Crippen molar-refractivity contribution in [1.82, 2.24) is 0 Å². The summed E-state index contributed by atoms with van der Waals surface area (Å²) < 4.78 is 21.4. The Bertz CT molecular complexity index is 973. The summed E-state index contributed by atoms with van der Waals surface area (Å²) in [5.74, 6) is 1.98. The van der Waals surface area contributed by atoms with E-state index in [1.54, 1.807) is 26.4 Å². The molecule has 2 aromatic carbocycles. The molecule has 0 bridgehead atoms. The van der Waals surface area contributed by atoms with Gasteiger partial charge in [0.15, 0.2) is 35.3 Å². The first-order valence-corrected chi connectivity index (χ1v) is 9.59. The van der Waals surface area contributed by atoms with Gasteiger partial charge in [0.25, 0.3) is 5.91 Å². The second-order valence-corrected chi connectivity index (χ2v) is 7.30. The summed E-state index contributed by atoms with van der Waals surface area (Å²) in [4.78, 5) is 25.6. The molecule has 0 saturated carbocycles. The molecule has 8 nitrogen and oxygen atoms in total. The molecule has 3 rings (SSSR count). The van der Waals surface area contributed by atoms with Crippen LogP contribution in [0, 0.1) is 6.92 Å². The van der Waals surface area contributed by atoms with Crippen LogP contribution in [0.4, 0.5) is 5.69 Å². The number of quaternary nitrogens is 1.